The monoisotopic (exact) mass is 485 g/mol. The van der Waals surface area contributed by atoms with Crippen LogP contribution in [0.15, 0.2) is 66.1 Å². The van der Waals surface area contributed by atoms with Gasteiger partial charge in [0.05, 0.1) is 5.69 Å². The molecule has 0 aliphatic heterocycles. The standard InChI is InChI=1S/C20H15Cl4N3OS/c21-15-9-7-14(8-10-15)16-12-29-19(25-16)27-18(20(22,23)24)26-17(28)11-6-13-4-2-1-3-5-13/h1-12,18H,(H,25,27)(H,26,28). The van der Waals surface area contributed by atoms with Crippen LogP contribution in [0, 0.1) is 0 Å². The first-order chi connectivity index (χ1) is 13.8. The van der Waals surface area contributed by atoms with E-state index in [1.165, 1.54) is 17.4 Å². The highest BCUT2D eigenvalue weighted by Gasteiger charge is 2.34. The smallest absolute Gasteiger partial charge is 0.245 e. The summed E-state index contributed by atoms with van der Waals surface area (Å²) < 4.78 is -1.79. The Bertz CT molecular complexity index is 985. The van der Waals surface area contributed by atoms with Gasteiger partial charge in [-0.3, -0.25) is 4.79 Å². The minimum Gasteiger partial charge on any atom is -0.338 e. The second kappa shape index (κ2) is 9.83. The highest BCUT2D eigenvalue weighted by molar-refractivity contribution is 7.14. The lowest BCUT2D eigenvalue weighted by atomic mass is 10.2. The Balaban J connectivity index is 1.69. The Kier molecular flexibility index (Phi) is 7.44. The Morgan fingerprint density at radius 1 is 1.07 bits per heavy atom. The van der Waals surface area contributed by atoms with Crippen LogP contribution < -0.4 is 10.6 Å². The predicted octanol–water partition coefficient (Wildman–Crippen LogP) is 6.40. The summed E-state index contributed by atoms with van der Waals surface area (Å²) in [5, 5.41) is 8.62. The molecule has 0 aliphatic carbocycles. The number of rotatable bonds is 6. The molecule has 1 unspecified atom stereocenters. The van der Waals surface area contributed by atoms with Crippen molar-refractivity contribution in [3.05, 3.63) is 76.6 Å². The molecular formula is C20H15Cl4N3OS. The van der Waals surface area contributed by atoms with Crippen LogP contribution >= 0.6 is 57.7 Å². The molecule has 0 fully saturated rings. The zero-order valence-corrected chi connectivity index (χ0v) is 18.6. The molecule has 3 rings (SSSR count). The highest BCUT2D eigenvalue weighted by Crippen LogP contribution is 2.33. The van der Waals surface area contributed by atoms with Gasteiger partial charge in [0.25, 0.3) is 0 Å². The van der Waals surface area contributed by atoms with Crippen LogP contribution in [0.2, 0.25) is 5.02 Å². The first-order valence-electron chi connectivity index (χ1n) is 8.39. The van der Waals surface area contributed by atoms with Gasteiger partial charge in [0.1, 0.15) is 6.17 Å². The van der Waals surface area contributed by atoms with Crippen molar-refractivity contribution in [1.29, 1.82) is 0 Å². The van der Waals surface area contributed by atoms with Crippen LogP contribution in [0.5, 0.6) is 0 Å². The molecule has 0 saturated heterocycles. The minimum atomic E-state index is -1.79. The number of nitrogens with zero attached hydrogens (tertiary/aromatic N) is 1. The number of nitrogens with one attached hydrogen (secondary N) is 2. The molecule has 0 radical (unpaired) electrons. The molecule has 0 saturated carbocycles. The molecule has 0 spiro atoms. The fraction of sp³-hybridized carbons (Fsp3) is 0.100. The van der Waals surface area contributed by atoms with Crippen molar-refractivity contribution >= 4 is 74.9 Å². The van der Waals surface area contributed by atoms with Crippen LogP contribution in [0.3, 0.4) is 0 Å². The minimum absolute atomic E-state index is 0.410. The number of amides is 1. The van der Waals surface area contributed by atoms with Gasteiger partial charge in [-0.1, -0.05) is 88.9 Å². The number of halogens is 4. The van der Waals surface area contributed by atoms with Crippen molar-refractivity contribution in [1.82, 2.24) is 10.3 Å². The maximum absolute atomic E-state index is 12.3. The molecule has 150 valence electrons. The van der Waals surface area contributed by atoms with Crippen molar-refractivity contribution in [2.24, 2.45) is 0 Å². The number of benzene rings is 2. The SMILES string of the molecule is O=C(C=Cc1ccccc1)NC(Nc1nc(-c2ccc(Cl)cc2)cs1)C(Cl)(Cl)Cl. The van der Waals surface area contributed by atoms with Crippen molar-refractivity contribution in [2.45, 2.75) is 9.96 Å². The number of hydrogen-bond acceptors (Lipinski definition) is 4. The maximum Gasteiger partial charge on any atom is 0.245 e. The molecular weight excluding hydrogens is 472 g/mol. The fourth-order valence-electron chi connectivity index (χ4n) is 2.34. The van der Waals surface area contributed by atoms with E-state index in [2.05, 4.69) is 15.6 Å². The summed E-state index contributed by atoms with van der Waals surface area (Å²) in [6.07, 6.45) is 2.07. The van der Waals surface area contributed by atoms with Crippen LogP contribution in [0.25, 0.3) is 17.3 Å². The zero-order chi connectivity index (χ0) is 20.9. The van der Waals surface area contributed by atoms with E-state index in [0.29, 0.717) is 10.2 Å². The molecule has 0 aliphatic rings. The summed E-state index contributed by atoms with van der Waals surface area (Å²) >= 11 is 25.4. The third-order valence-corrected chi connectivity index (χ3v) is 5.43. The van der Waals surface area contributed by atoms with E-state index < -0.39 is 15.9 Å². The van der Waals surface area contributed by atoms with Gasteiger partial charge in [0, 0.05) is 22.0 Å². The molecule has 1 heterocycles. The lowest BCUT2D eigenvalue weighted by Gasteiger charge is -2.25. The van der Waals surface area contributed by atoms with Crippen LogP contribution in [-0.2, 0) is 4.79 Å². The lowest BCUT2D eigenvalue weighted by Crippen LogP contribution is -2.48. The second-order valence-corrected chi connectivity index (χ2v) is 9.58. The second-order valence-electron chi connectivity index (χ2n) is 5.92. The van der Waals surface area contributed by atoms with Gasteiger partial charge in [0.2, 0.25) is 9.70 Å². The number of aromatic nitrogens is 1. The molecule has 2 N–H and O–H groups in total. The molecule has 1 atom stereocenters. The number of carbonyl (C=O) groups is 1. The molecule has 3 aromatic rings. The third kappa shape index (κ3) is 6.63. The number of carbonyl (C=O) groups excluding carboxylic acids is 1. The van der Waals surface area contributed by atoms with Gasteiger partial charge in [0.15, 0.2) is 5.13 Å². The summed E-state index contributed by atoms with van der Waals surface area (Å²) in [4.78, 5) is 16.8. The average Bonchev–Trinajstić information content (AvgIpc) is 3.15. The number of thiazole rings is 1. The van der Waals surface area contributed by atoms with E-state index >= 15 is 0 Å². The summed E-state index contributed by atoms with van der Waals surface area (Å²) in [5.74, 6) is -0.410. The van der Waals surface area contributed by atoms with Crippen LogP contribution in [0.1, 0.15) is 5.56 Å². The highest BCUT2D eigenvalue weighted by atomic mass is 35.6. The van der Waals surface area contributed by atoms with Gasteiger partial charge in [-0.05, 0) is 23.8 Å². The Morgan fingerprint density at radius 3 is 2.41 bits per heavy atom. The summed E-state index contributed by atoms with van der Waals surface area (Å²) in [5.41, 5.74) is 2.53. The Labute approximate surface area is 192 Å². The first kappa shape index (κ1) is 21.9. The number of anilines is 1. The van der Waals surface area contributed by atoms with Crippen molar-refractivity contribution in [2.75, 3.05) is 5.32 Å². The molecule has 29 heavy (non-hydrogen) atoms. The zero-order valence-electron chi connectivity index (χ0n) is 14.8. The molecule has 1 amide bonds. The first-order valence-corrected chi connectivity index (χ1v) is 10.8. The third-order valence-electron chi connectivity index (χ3n) is 3.75. The van der Waals surface area contributed by atoms with Gasteiger partial charge in [-0.2, -0.15) is 0 Å². The van der Waals surface area contributed by atoms with Crippen molar-refractivity contribution in [3.8, 4) is 11.3 Å². The van der Waals surface area contributed by atoms with E-state index in [9.17, 15) is 4.79 Å². The van der Waals surface area contributed by atoms with Gasteiger partial charge in [-0.25, -0.2) is 4.98 Å². The predicted molar refractivity (Wildman–Crippen MR) is 124 cm³/mol. The molecule has 2 aromatic carbocycles. The Morgan fingerprint density at radius 2 is 1.76 bits per heavy atom. The fourth-order valence-corrected chi connectivity index (χ4v) is 3.55. The number of hydrogen-bond donors (Lipinski definition) is 2. The maximum atomic E-state index is 12.3. The van der Waals surface area contributed by atoms with Crippen molar-refractivity contribution < 1.29 is 4.79 Å². The van der Waals surface area contributed by atoms with E-state index in [4.69, 9.17) is 46.4 Å². The topological polar surface area (TPSA) is 54.0 Å². The summed E-state index contributed by atoms with van der Waals surface area (Å²) in [7, 11) is 0. The molecule has 0 bridgehead atoms. The van der Waals surface area contributed by atoms with Gasteiger partial charge in [-0.15, -0.1) is 11.3 Å². The van der Waals surface area contributed by atoms with Crippen molar-refractivity contribution in [3.63, 3.8) is 0 Å². The van der Waals surface area contributed by atoms with E-state index in [-0.39, 0.29) is 0 Å². The van der Waals surface area contributed by atoms with Crippen LogP contribution in [0.4, 0.5) is 5.13 Å². The van der Waals surface area contributed by atoms with Gasteiger partial charge >= 0.3 is 0 Å². The molecule has 9 heteroatoms. The van der Waals surface area contributed by atoms with E-state index in [1.807, 2.05) is 47.8 Å². The van der Waals surface area contributed by atoms with E-state index in [0.717, 1.165) is 16.8 Å². The Hall–Kier alpha value is -1.76. The largest absolute Gasteiger partial charge is 0.338 e. The summed E-state index contributed by atoms with van der Waals surface area (Å²) in [6.45, 7) is 0. The lowest BCUT2D eigenvalue weighted by molar-refractivity contribution is -0.116. The quantitative estimate of drug-likeness (QED) is 0.240. The molecule has 4 nitrogen and oxygen atoms in total. The van der Waals surface area contributed by atoms with E-state index in [1.54, 1.807) is 18.2 Å². The van der Waals surface area contributed by atoms with Gasteiger partial charge < -0.3 is 10.6 Å². The molecule has 1 aromatic heterocycles. The summed E-state index contributed by atoms with van der Waals surface area (Å²) in [6, 6.07) is 16.7. The average molecular weight is 487 g/mol. The normalized spacial score (nSPS) is 12.7. The number of alkyl halides is 3. The van der Waals surface area contributed by atoms with Crippen LogP contribution in [-0.4, -0.2) is 20.8 Å².